The van der Waals surface area contributed by atoms with E-state index in [1.807, 2.05) is 31.2 Å². The zero-order chi connectivity index (χ0) is 14.5. The lowest BCUT2D eigenvalue weighted by Crippen LogP contribution is -2.16. The van der Waals surface area contributed by atoms with Crippen LogP contribution in [-0.4, -0.2) is 22.1 Å². The highest BCUT2D eigenvalue weighted by Crippen LogP contribution is 2.23. The molecular weight excluding hydrogens is 254 g/mol. The molecule has 3 N–H and O–H groups in total. The number of benzene rings is 1. The van der Waals surface area contributed by atoms with Crippen molar-refractivity contribution >= 4 is 16.7 Å². The van der Waals surface area contributed by atoms with Crippen LogP contribution in [0.15, 0.2) is 35.5 Å². The summed E-state index contributed by atoms with van der Waals surface area (Å²) in [5, 5.41) is 12.8. The van der Waals surface area contributed by atoms with Crippen LogP contribution in [0, 0.1) is 0 Å². The molecule has 106 valence electrons. The van der Waals surface area contributed by atoms with Gasteiger partial charge in [0.1, 0.15) is 0 Å². The fraction of sp³-hybridized carbons (Fsp3) is 0.333. The molecule has 5 heteroatoms. The molecule has 0 saturated carbocycles. The largest absolute Gasteiger partial charge is 0.475 e. The minimum absolute atomic E-state index is 0.0524. The number of para-hydroxylation sites is 1. The van der Waals surface area contributed by atoms with Crippen molar-refractivity contribution < 1.29 is 9.94 Å². The first-order valence-electron chi connectivity index (χ1n) is 6.70. The molecule has 1 aromatic carbocycles. The van der Waals surface area contributed by atoms with Crippen LogP contribution < -0.4 is 10.5 Å². The quantitative estimate of drug-likeness (QED) is 0.380. The van der Waals surface area contributed by atoms with Gasteiger partial charge in [-0.05, 0) is 19.4 Å². The van der Waals surface area contributed by atoms with Gasteiger partial charge in [0.25, 0.3) is 0 Å². The zero-order valence-electron chi connectivity index (χ0n) is 11.7. The van der Waals surface area contributed by atoms with E-state index in [9.17, 15) is 0 Å². The molecule has 1 aromatic heterocycles. The molecule has 1 atom stereocenters. The van der Waals surface area contributed by atoms with E-state index in [1.165, 1.54) is 0 Å². The van der Waals surface area contributed by atoms with Crippen molar-refractivity contribution in [3.8, 4) is 5.88 Å². The van der Waals surface area contributed by atoms with Gasteiger partial charge in [0.05, 0.1) is 11.6 Å². The fourth-order valence-corrected chi connectivity index (χ4v) is 2.15. The number of rotatable bonds is 5. The number of nitrogens with zero attached hydrogens (tertiary/aromatic N) is 2. The van der Waals surface area contributed by atoms with Gasteiger partial charge < -0.3 is 15.7 Å². The van der Waals surface area contributed by atoms with Crippen LogP contribution in [-0.2, 0) is 0 Å². The summed E-state index contributed by atoms with van der Waals surface area (Å²) in [6, 6.07) is 9.25. The van der Waals surface area contributed by atoms with Gasteiger partial charge >= 0.3 is 0 Å². The smallest absolute Gasteiger partial charge is 0.214 e. The number of nitrogens with two attached hydrogens (primary N) is 1. The van der Waals surface area contributed by atoms with Crippen LogP contribution in [0.5, 0.6) is 5.88 Å². The van der Waals surface area contributed by atoms with Gasteiger partial charge in [-0.15, -0.1) is 0 Å². The van der Waals surface area contributed by atoms with Gasteiger partial charge in [-0.25, -0.2) is 4.98 Å². The third kappa shape index (κ3) is 2.99. The van der Waals surface area contributed by atoms with E-state index in [-0.39, 0.29) is 11.9 Å². The summed E-state index contributed by atoms with van der Waals surface area (Å²) < 4.78 is 5.79. The molecule has 0 aliphatic carbocycles. The van der Waals surface area contributed by atoms with E-state index >= 15 is 0 Å². The second kappa shape index (κ2) is 6.23. The second-order valence-electron chi connectivity index (χ2n) is 4.73. The number of aromatic nitrogens is 1. The average Bonchev–Trinajstić information content (AvgIpc) is 2.45. The Balaban J connectivity index is 2.47. The van der Waals surface area contributed by atoms with Crippen molar-refractivity contribution in [1.82, 2.24) is 4.98 Å². The van der Waals surface area contributed by atoms with Gasteiger partial charge in [-0.3, -0.25) is 0 Å². The van der Waals surface area contributed by atoms with Crippen LogP contribution in [0.3, 0.4) is 0 Å². The highest BCUT2D eigenvalue weighted by Gasteiger charge is 2.11. The fourth-order valence-electron chi connectivity index (χ4n) is 2.15. The Morgan fingerprint density at radius 2 is 2.20 bits per heavy atom. The van der Waals surface area contributed by atoms with E-state index < -0.39 is 0 Å². The maximum Gasteiger partial charge on any atom is 0.214 e. The number of hydrogen-bond acceptors (Lipinski definition) is 4. The Hall–Kier alpha value is -2.30. The first-order valence-corrected chi connectivity index (χ1v) is 6.70. The topological polar surface area (TPSA) is 80.7 Å². The number of fused-ring (bicyclic) bond motifs is 1. The molecule has 0 fully saturated rings. The Morgan fingerprint density at radius 3 is 2.90 bits per heavy atom. The van der Waals surface area contributed by atoms with Crippen LogP contribution in [0.25, 0.3) is 10.9 Å². The van der Waals surface area contributed by atoms with E-state index in [2.05, 4.69) is 17.1 Å². The summed E-state index contributed by atoms with van der Waals surface area (Å²) in [4.78, 5) is 4.46. The molecule has 0 spiro atoms. The first kappa shape index (κ1) is 14.1. The van der Waals surface area contributed by atoms with Crippen molar-refractivity contribution in [1.29, 1.82) is 0 Å². The number of hydrogen-bond donors (Lipinski definition) is 2. The Bertz CT molecular complexity index is 626. The minimum atomic E-state index is 0.0524. The normalized spacial score (nSPS) is 13.4. The van der Waals surface area contributed by atoms with Gasteiger partial charge in [0.2, 0.25) is 5.88 Å². The SMILES string of the molecule is CCCC(C)Oc1cc(/C(N)=N/O)c2ccccc2n1. The van der Waals surface area contributed by atoms with Gasteiger partial charge in [-0.2, -0.15) is 0 Å². The van der Waals surface area contributed by atoms with E-state index in [1.54, 1.807) is 6.07 Å². The van der Waals surface area contributed by atoms with Crippen LogP contribution >= 0.6 is 0 Å². The van der Waals surface area contributed by atoms with Gasteiger partial charge in [-0.1, -0.05) is 36.7 Å². The number of ether oxygens (including phenoxy) is 1. The zero-order valence-corrected chi connectivity index (χ0v) is 11.7. The van der Waals surface area contributed by atoms with Crippen molar-refractivity contribution in [3.63, 3.8) is 0 Å². The summed E-state index contributed by atoms with van der Waals surface area (Å²) in [5.74, 6) is 0.544. The lowest BCUT2D eigenvalue weighted by molar-refractivity contribution is 0.202. The molecule has 5 nitrogen and oxygen atoms in total. The number of oxime groups is 1. The summed E-state index contributed by atoms with van der Waals surface area (Å²) >= 11 is 0. The van der Waals surface area contributed by atoms with Gasteiger partial charge in [0, 0.05) is 17.0 Å². The standard InChI is InChI=1S/C15H19N3O2/c1-3-6-10(2)20-14-9-12(15(16)18-19)11-7-4-5-8-13(11)17-14/h4-5,7-10,19H,3,6H2,1-2H3,(H2,16,18). The van der Waals surface area contributed by atoms with Crippen LogP contribution in [0.2, 0.25) is 0 Å². The third-order valence-electron chi connectivity index (χ3n) is 3.09. The first-order chi connectivity index (χ1) is 9.65. The number of pyridine rings is 1. The second-order valence-corrected chi connectivity index (χ2v) is 4.73. The molecule has 0 saturated heterocycles. The highest BCUT2D eigenvalue weighted by molar-refractivity contribution is 6.08. The Kier molecular flexibility index (Phi) is 4.40. The minimum Gasteiger partial charge on any atom is -0.475 e. The molecule has 0 amide bonds. The van der Waals surface area contributed by atoms with Crippen molar-refractivity contribution in [3.05, 3.63) is 35.9 Å². The summed E-state index contributed by atoms with van der Waals surface area (Å²) in [6.07, 6.45) is 2.07. The Labute approximate surface area is 118 Å². The molecule has 20 heavy (non-hydrogen) atoms. The molecule has 0 radical (unpaired) electrons. The van der Waals surface area contributed by atoms with E-state index in [4.69, 9.17) is 15.7 Å². The predicted octanol–water partition coefficient (Wildman–Crippen LogP) is 2.90. The maximum absolute atomic E-state index is 8.91. The summed E-state index contributed by atoms with van der Waals surface area (Å²) in [5.41, 5.74) is 7.12. The molecule has 0 aliphatic heterocycles. The Morgan fingerprint density at radius 1 is 1.45 bits per heavy atom. The van der Waals surface area contributed by atoms with Crippen molar-refractivity contribution in [2.24, 2.45) is 10.9 Å². The number of amidine groups is 1. The molecule has 1 heterocycles. The maximum atomic E-state index is 8.91. The molecular formula is C15H19N3O2. The summed E-state index contributed by atoms with van der Waals surface area (Å²) in [7, 11) is 0. The van der Waals surface area contributed by atoms with Gasteiger partial charge in [0.15, 0.2) is 5.84 Å². The third-order valence-corrected chi connectivity index (χ3v) is 3.09. The lowest BCUT2D eigenvalue weighted by Gasteiger charge is -2.14. The molecule has 1 unspecified atom stereocenters. The van der Waals surface area contributed by atoms with E-state index in [0.717, 1.165) is 23.7 Å². The molecule has 0 bridgehead atoms. The molecule has 2 rings (SSSR count). The highest BCUT2D eigenvalue weighted by atomic mass is 16.5. The monoisotopic (exact) mass is 273 g/mol. The predicted molar refractivity (Wildman–Crippen MR) is 79.3 cm³/mol. The van der Waals surface area contributed by atoms with Crippen LogP contribution in [0.4, 0.5) is 0 Å². The van der Waals surface area contributed by atoms with Crippen molar-refractivity contribution in [2.75, 3.05) is 0 Å². The molecule has 0 aliphatic rings. The van der Waals surface area contributed by atoms with Crippen molar-refractivity contribution in [2.45, 2.75) is 32.8 Å². The molecule has 2 aromatic rings. The summed E-state index contributed by atoms with van der Waals surface area (Å²) in [6.45, 7) is 4.11. The van der Waals surface area contributed by atoms with E-state index in [0.29, 0.717) is 11.4 Å². The van der Waals surface area contributed by atoms with Crippen LogP contribution in [0.1, 0.15) is 32.3 Å². The average molecular weight is 273 g/mol. The lowest BCUT2D eigenvalue weighted by atomic mass is 10.1.